The molecule has 2 heterocycles. The molecule has 0 radical (unpaired) electrons. The fourth-order valence-electron chi connectivity index (χ4n) is 2.62. The molecule has 28 heavy (non-hydrogen) atoms. The van der Waals surface area contributed by atoms with Gasteiger partial charge in [-0.2, -0.15) is 5.10 Å². The number of nitrogens with one attached hydrogen (secondary N) is 2. The predicted octanol–water partition coefficient (Wildman–Crippen LogP) is 4.64. The van der Waals surface area contributed by atoms with Crippen LogP contribution in [-0.4, -0.2) is 28.1 Å². The first kappa shape index (κ1) is 11.5. The topological polar surface area (TPSA) is 70.7 Å². The van der Waals surface area contributed by atoms with Gasteiger partial charge in [0.1, 0.15) is 0 Å². The fourth-order valence-corrected chi connectivity index (χ4v) is 3.61. The number of amides is 1. The van der Waals surface area contributed by atoms with Crippen molar-refractivity contribution in [1.29, 1.82) is 0 Å². The van der Waals surface area contributed by atoms with Crippen LogP contribution in [-0.2, 0) is 0 Å². The van der Waals surface area contributed by atoms with Crippen LogP contribution in [0.3, 0.4) is 0 Å². The number of fused-ring (bicyclic) bond motifs is 1. The van der Waals surface area contributed by atoms with Gasteiger partial charge >= 0.3 is 0 Å². The van der Waals surface area contributed by atoms with Crippen LogP contribution in [0.25, 0.3) is 23.1 Å². The van der Waals surface area contributed by atoms with Crippen molar-refractivity contribution in [1.82, 2.24) is 20.5 Å². The Balaban J connectivity index is 1.59. The van der Waals surface area contributed by atoms with Crippen LogP contribution in [0.1, 0.15) is 31.3 Å². The molecule has 4 rings (SSSR count). The summed E-state index contributed by atoms with van der Waals surface area (Å²) in [5.74, 6) is -0.685. The summed E-state index contributed by atoms with van der Waals surface area (Å²) in [5.41, 5.74) is 1.62. The highest BCUT2D eigenvalue weighted by atomic mass is 32.2. The summed E-state index contributed by atoms with van der Waals surface area (Å²) in [7, 11) is 0. The van der Waals surface area contributed by atoms with Gasteiger partial charge in [-0.25, -0.2) is 0 Å². The van der Waals surface area contributed by atoms with E-state index in [2.05, 4.69) is 15.2 Å². The van der Waals surface area contributed by atoms with Crippen LogP contribution in [0.5, 0.6) is 0 Å². The number of nitrogens with zero attached hydrogens (tertiary/aromatic N) is 2. The zero-order valence-electron chi connectivity index (χ0n) is 21.4. The standard InChI is InChI=1S/C22H18N4OS/c1-23-22(27)18-7-2-3-8-21(18)28-16-10-11-17-19(25-26-20(17)14-16)12-9-15-6-4-5-13-24-15/h2-14H,1H3,(H,23,27)(H,25,26)/b12-9+/i1D3,4D,5D,6D,13D. The van der Waals surface area contributed by atoms with Crippen molar-refractivity contribution in [3.05, 3.63) is 83.7 Å². The number of carbonyl (C=O) groups is 1. The molecule has 0 spiro atoms. The molecule has 5 nitrogen and oxygen atoms in total. The summed E-state index contributed by atoms with van der Waals surface area (Å²) in [4.78, 5) is 17.7. The van der Waals surface area contributed by atoms with E-state index in [1.54, 1.807) is 30.3 Å². The first-order chi connectivity index (χ1) is 16.5. The van der Waals surface area contributed by atoms with Crippen LogP contribution in [0, 0.1) is 0 Å². The molecule has 2 aromatic heterocycles. The number of H-pyrrole nitrogens is 1. The van der Waals surface area contributed by atoms with E-state index in [0.29, 0.717) is 16.1 Å². The Bertz CT molecular complexity index is 1470. The molecule has 0 saturated heterocycles. The van der Waals surface area contributed by atoms with Gasteiger partial charge < -0.3 is 5.32 Å². The van der Waals surface area contributed by atoms with E-state index in [1.807, 2.05) is 23.5 Å². The monoisotopic (exact) mass is 393 g/mol. The molecule has 0 aliphatic carbocycles. The van der Waals surface area contributed by atoms with Crippen molar-refractivity contribution in [3.8, 4) is 0 Å². The Morgan fingerprint density at radius 2 is 2.18 bits per heavy atom. The second-order valence-electron chi connectivity index (χ2n) is 5.69. The number of aromatic amines is 1. The Morgan fingerprint density at radius 3 is 3.11 bits per heavy atom. The average molecular weight is 394 g/mol. The maximum atomic E-state index is 12.4. The Kier molecular flexibility index (Phi) is 3.32. The quantitative estimate of drug-likeness (QED) is 0.518. The summed E-state index contributed by atoms with van der Waals surface area (Å²) in [6, 6.07) is 11.3. The van der Waals surface area contributed by atoms with Crippen molar-refractivity contribution >= 4 is 40.7 Å². The van der Waals surface area contributed by atoms with E-state index in [1.165, 1.54) is 17.8 Å². The highest BCUT2D eigenvalue weighted by Crippen LogP contribution is 2.32. The first-order valence-corrected chi connectivity index (χ1v) is 9.05. The lowest BCUT2D eigenvalue weighted by Gasteiger charge is -2.08. The molecule has 0 bridgehead atoms. The number of hydrogen-bond acceptors (Lipinski definition) is 4. The molecule has 2 aromatic carbocycles. The summed E-state index contributed by atoms with van der Waals surface area (Å²) in [6.07, 6.45) is 2.73. The highest BCUT2D eigenvalue weighted by Gasteiger charge is 2.11. The minimum atomic E-state index is -2.59. The van der Waals surface area contributed by atoms with E-state index < -0.39 is 12.9 Å². The number of aromatic nitrogens is 3. The van der Waals surface area contributed by atoms with Gasteiger partial charge in [-0.05, 0) is 54.6 Å². The van der Waals surface area contributed by atoms with Gasteiger partial charge in [0.2, 0.25) is 0 Å². The van der Waals surface area contributed by atoms with E-state index in [9.17, 15) is 4.79 Å². The molecular weight excluding hydrogens is 368 g/mol. The molecule has 0 atom stereocenters. The van der Waals surface area contributed by atoms with Crippen LogP contribution in [0.4, 0.5) is 0 Å². The van der Waals surface area contributed by atoms with Gasteiger partial charge in [0.15, 0.2) is 0 Å². The maximum absolute atomic E-state index is 12.4. The number of pyridine rings is 1. The fraction of sp³-hybridized carbons (Fsp3) is 0.0455. The Labute approximate surface area is 176 Å². The van der Waals surface area contributed by atoms with E-state index in [0.717, 1.165) is 10.3 Å². The van der Waals surface area contributed by atoms with E-state index >= 15 is 0 Å². The summed E-state index contributed by atoms with van der Waals surface area (Å²) in [6.45, 7) is -2.59. The predicted molar refractivity (Wildman–Crippen MR) is 113 cm³/mol. The van der Waals surface area contributed by atoms with Gasteiger partial charge in [0.05, 0.1) is 28.0 Å². The number of rotatable bonds is 5. The molecule has 2 N–H and O–H groups in total. The molecule has 0 saturated carbocycles. The van der Waals surface area contributed by atoms with Crippen LogP contribution < -0.4 is 5.32 Å². The molecule has 0 fully saturated rings. The third kappa shape index (κ3) is 3.82. The van der Waals surface area contributed by atoms with Crippen molar-refractivity contribution in [2.45, 2.75) is 9.79 Å². The minimum Gasteiger partial charge on any atom is -0.355 e. The lowest BCUT2D eigenvalue weighted by molar-refractivity contribution is 0.0960. The van der Waals surface area contributed by atoms with Crippen LogP contribution in [0.2, 0.25) is 0 Å². The molecule has 4 aromatic rings. The van der Waals surface area contributed by atoms with Crippen LogP contribution in [0.15, 0.2) is 76.6 Å². The molecule has 1 amide bonds. The van der Waals surface area contributed by atoms with Crippen molar-refractivity contribution in [3.63, 3.8) is 0 Å². The molecule has 0 aliphatic rings. The number of hydrogen-bond donors (Lipinski definition) is 2. The molecular formula is C22H18N4OS. The normalized spacial score (nSPS) is 15.2. The van der Waals surface area contributed by atoms with Crippen LogP contribution >= 0.6 is 11.8 Å². The number of carbonyl (C=O) groups excluding carboxylic acids is 1. The zero-order valence-corrected chi connectivity index (χ0v) is 15.2. The first-order valence-electron chi connectivity index (χ1n) is 11.7. The third-order valence-electron chi connectivity index (χ3n) is 3.92. The van der Waals surface area contributed by atoms with Gasteiger partial charge in [-0.3, -0.25) is 14.9 Å². The lowest BCUT2D eigenvalue weighted by atomic mass is 10.2. The molecule has 6 heteroatoms. The molecule has 0 unspecified atom stereocenters. The smallest absolute Gasteiger partial charge is 0.252 e. The largest absolute Gasteiger partial charge is 0.355 e. The molecule has 138 valence electrons. The summed E-state index contributed by atoms with van der Waals surface area (Å²) in [5, 5.41) is 9.98. The maximum Gasteiger partial charge on any atom is 0.252 e. The van der Waals surface area contributed by atoms with E-state index in [4.69, 9.17) is 9.60 Å². The number of benzene rings is 2. The molecule has 0 aliphatic heterocycles. The van der Waals surface area contributed by atoms with Gasteiger partial charge in [0, 0.05) is 32.4 Å². The second-order valence-corrected chi connectivity index (χ2v) is 6.80. The second kappa shape index (κ2) is 8.10. The Hall–Kier alpha value is -3.38. The minimum absolute atomic E-state index is 0.103. The van der Waals surface area contributed by atoms with Gasteiger partial charge in [-0.1, -0.05) is 29.9 Å². The van der Waals surface area contributed by atoms with Gasteiger partial charge in [0.25, 0.3) is 5.91 Å². The van der Waals surface area contributed by atoms with Crippen molar-refractivity contribution in [2.24, 2.45) is 0 Å². The Morgan fingerprint density at radius 1 is 1.25 bits per heavy atom. The lowest BCUT2D eigenvalue weighted by Crippen LogP contribution is -2.18. The SMILES string of the molecule is [2H]c1nc(/C=C/c2n[nH]c3cc(Sc4ccccc4C(=O)NC([2H])([2H])[2H])ccc23)c([2H])c([2H])c1[2H]. The third-order valence-corrected chi connectivity index (χ3v) is 4.99. The van der Waals surface area contributed by atoms with Crippen molar-refractivity contribution in [2.75, 3.05) is 6.98 Å². The van der Waals surface area contributed by atoms with Gasteiger partial charge in [-0.15, -0.1) is 0 Å². The van der Waals surface area contributed by atoms with Crippen molar-refractivity contribution < 1.29 is 14.4 Å². The highest BCUT2D eigenvalue weighted by molar-refractivity contribution is 7.99. The summed E-state index contributed by atoms with van der Waals surface area (Å²) >= 11 is 1.30. The zero-order chi connectivity index (χ0) is 25.3. The summed E-state index contributed by atoms with van der Waals surface area (Å²) < 4.78 is 52.8. The van der Waals surface area contributed by atoms with E-state index in [-0.39, 0.29) is 35.6 Å². The average Bonchev–Trinajstić information content (AvgIpc) is 3.20.